The zero-order chi connectivity index (χ0) is 28.2. The molecule has 2 fully saturated rings. The van der Waals surface area contributed by atoms with Gasteiger partial charge in [-0.25, -0.2) is 0 Å². The van der Waals surface area contributed by atoms with Gasteiger partial charge in [0, 0.05) is 31.0 Å². The minimum atomic E-state index is -4.63. The summed E-state index contributed by atoms with van der Waals surface area (Å²) >= 11 is 0. The molecular formula is C28H33F3N6O2. The summed E-state index contributed by atoms with van der Waals surface area (Å²) in [6.45, 7) is 3.07. The fourth-order valence-corrected chi connectivity index (χ4v) is 6.37. The average molecular weight is 543 g/mol. The van der Waals surface area contributed by atoms with Crippen molar-refractivity contribution in [2.24, 2.45) is 18.7 Å². The molecule has 2 heterocycles. The first-order valence-electron chi connectivity index (χ1n) is 13.1. The quantitative estimate of drug-likeness (QED) is 0.458. The summed E-state index contributed by atoms with van der Waals surface area (Å²) in [6, 6.07) is 9.57. The number of hydrogen-bond acceptors (Lipinski definition) is 5. The van der Waals surface area contributed by atoms with Crippen LogP contribution in [0.4, 0.5) is 18.9 Å². The summed E-state index contributed by atoms with van der Waals surface area (Å²) in [4.78, 5) is 26.7. The number of carbonyl (C=O) groups is 1. The number of pyridine rings is 1. The molecule has 8 nitrogen and oxygen atoms in total. The first kappa shape index (κ1) is 27.0. The molecular weight excluding hydrogens is 509 g/mol. The van der Waals surface area contributed by atoms with Crippen LogP contribution in [0.2, 0.25) is 0 Å². The molecule has 2 saturated carbocycles. The molecule has 0 bridgehead atoms. The van der Waals surface area contributed by atoms with Crippen LogP contribution in [0.25, 0.3) is 0 Å². The molecule has 0 aliphatic heterocycles. The lowest BCUT2D eigenvalue weighted by Crippen LogP contribution is -2.51. The number of nitrogens with zero attached hydrogens (tertiary/aromatic N) is 5. The SMILES string of the molecule is CC1CC(c2cccc(N(Cc3cc(C(N)=O)c(=O)n(CC(F)(F)F)c3)C3(C)CCC3)c2)(c2nncn2C)C1. The van der Waals surface area contributed by atoms with Crippen molar-refractivity contribution in [3.05, 3.63) is 75.7 Å². The summed E-state index contributed by atoms with van der Waals surface area (Å²) in [6.07, 6.45) is 3.00. The van der Waals surface area contributed by atoms with Gasteiger partial charge < -0.3 is 19.8 Å². The van der Waals surface area contributed by atoms with E-state index in [1.54, 1.807) is 6.33 Å². The predicted octanol–water partition coefficient (Wildman–Crippen LogP) is 4.30. The highest BCUT2D eigenvalue weighted by molar-refractivity contribution is 5.92. The topological polar surface area (TPSA) is 99.0 Å². The molecule has 0 atom stereocenters. The number of primary amides is 1. The van der Waals surface area contributed by atoms with Gasteiger partial charge in [0.25, 0.3) is 11.5 Å². The third kappa shape index (κ3) is 4.94. The average Bonchev–Trinajstić information content (AvgIpc) is 3.25. The first-order chi connectivity index (χ1) is 18.3. The lowest BCUT2D eigenvalue weighted by molar-refractivity contribution is -0.141. The van der Waals surface area contributed by atoms with Crippen molar-refractivity contribution in [2.75, 3.05) is 4.90 Å². The van der Waals surface area contributed by atoms with Gasteiger partial charge in [-0.3, -0.25) is 9.59 Å². The number of nitrogens with two attached hydrogens (primary N) is 1. The number of aryl methyl sites for hydroxylation is 1. The Kier molecular flexibility index (Phi) is 6.59. The minimum absolute atomic E-state index is 0.214. The summed E-state index contributed by atoms with van der Waals surface area (Å²) in [5.74, 6) is 0.392. The molecule has 2 N–H and O–H groups in total. The van der Waals surface area contributed by atoms with Gasteiger partial charge in [-0.05, 0) is 74.3 Å². The zero-order valence-electron chi connectivity index (χ0n) is 22.3. The van der Waals surface area contributed by atoms with E-state index in [1.807, 2.05) is 23.7 Å². The molecule has 3 aromatic rings. The Labute approximate surface area is 224 Å². The highest BCUT2D eigenvalue weighted by Gasteiger charge is 2.48. The molecule has 2 aliphatic rings. The summed E-state index contributed by atoms with van der Waals surface area (Å²) in [5, 5.41) is 8.56. The van der Waals surface area contributed by atoms with Crippen LogP contribution in [0.3, 0.4) is 0 Å². The number of alkyl halides is 3. The molecule has 2 aliphatic carbocycles. The molecule has 1 aromatic carbocycles. The molecule has 2 aromatic heterocycles. The van der Waals surface area contributed by atoms with Gasteiger partial charge in [0.2, 0.25) is 0 Å². The number of amides is 1. The van der Waals surface area contributed by atoms with Crippen molar-refractivity contribution in [1.82, 2.24) is 19.3 Å². The molecule has 208 valence electrons. The smallest absolute Gasteiger partial charge is 0.365 e. The molecule has 0 saturated heterocycles. The van der Waals surface area contributed by atoms with Crippen molar-refractivity contribution in [3.8, 4) is 0 Å². The van der Waals surface area contributed by atoms with Crippen LogP contribution >= 0.6 is 0 Å². The maximum Gasteiger partial charge on any atom is 0.406 e. The van der Waals surface area contributed by atoms with Crippen molar-refractivity contribution in [3.63, 3.8) is 0 Å². The fourth-order valence-electron chi connectivity index (χ4n) is 6.37. The number of carbonyl (C=O) groups excluding carboxylic acids is 1. The second kappa shape index (κ2) is 9.53. The van der Waals surface area contributed by atoms with Gasteiger partial charge >= 0.3 is 6.18 Å². The van der Waals surface area contributed by atoms with Gasteiger partial charge in [-0.1, -0.05) is 19.1 Å². The van der Waals surface area contributed by atoms with Crippen LogP contribution in [-0.2, 0) is 25.6 Å². The molecule has 11 heteroatoms. The lowest BCUT2D eigenvalue weighted by atomic mass is 9.58. The van der Waals surface area contributed by atoms with E-state index in [0.29, 0.717) is 16.0 Å². The molecule has 5 rings (SSSR count). The van der Waals surface area contributed by atoms with Crippen molar-refractivity contribution < 1.29 is 18.0 Å². The normalized spacial score (nSPS) is 22.2. The Bertz CT molecular complexity index is 1450. The second-order valence-corrected chi connectivity index (χ2v) is 11.5. The Morgan fingerprint density at radius 3 is 2.49 bits per heavy atom. The van der Waals surface area contributed by atoms with E-state index in [-0.39, 0.29) is 17.5 Å². The Hall–Kier alpha value is -3.63. The monoisotopic (exact) mass is 542 g/mol. The second-order valence-electron chi connectivity index (χ2n) is 11.5. The first-order valence-corrected chi connectivity index (χ1v) is 13.1. The van der Waals surface area contributed by atoms with E-state index in [4.69, 9.17) is 5.73 Å². The molecule has 39 heavy (non-hydrogen) atoms. The number of benzene rings is 1. The van der Waals surface area contributed by atoms with E-state index in [2.05, 4.69) is 41.1 Å². The summed E-state index contributed by atoms with van der Waals surface area (Å²) < 4.78 is 42.2. The number of aromatic nitrogens is 4. The highest BCUT2D eigenvalue weighted by Crippen LogP contribution is 2.52. The zero-order valence-corrected chi connectivity index (χ0v) is 22.3. The van der Waals surface area contributed by atoms with Crippen LogP contribution in [0.5, 0.6) is 0 Å². The van der Waals surface area contributed by atoms with Crippen LogP contribution < -0.4 is 16.2 Å². The van der Waals surface area contributed by atoms with Gasteiger partial charge in [0.05, 0.1) is 5.41 Å². The number of rotatable bonds is 8. The molecule has 1 amide bonds. The summed E-state index contributed by atoms with van der Waals surface area (Å²) in [7, 11) is 1.94. The lowest BCUT2D eigenvalue weighted by Gasteiger charge is -2.50. The van der Waals surface area contributed by atoms with Crippen molar-refractivity contribution in [2.45, 2.75) is 76.2 Å². The predicted molar refractivity (Wildman–Crippen MR) is 140 cm³/mol. The number of hydrogen-bond donors (Lipinski definition) is 1. The van der Waals surface area contributed by atoms with E-state index in [9.17, 15) is 22.8 Å². The van der Waals surface area contributed by atoms with Crippen LogP contribution in [-0.4, -0.2) is 37.0 Å². The minimum Gasteiger partial charge on any atom is -0.365 e. The van der Waals surface area contributed by atoms with Gasteiger partial charge in [0.1, 0.15) is 24.3 Å². The number of anilines is 1. The van der Waals surface area contributed by atoms with Crippen molar-refractivity contribution in [1.29, 1.82) is 0 Å². The van der Waals surface area contributed by atoms with E-state index >= 15 is 0 Å². The standard InChI is InChI=1S/C28H33F3N6O2/c1-18-12-27(13-18,25-34-33-17-35(25)3)20-6-4-7-21(11-20)37(26(2)8-5-9-26)15-19-10-22(23(32)38)24(39)36(14-19)16-28(29,30)31/h4,6-7,10-11,14,17-18H,5,8-9,12-13,15-16H2,1-3H3,(H2,32,38). The van der Waals surface area contributed by atoms with E-state index in [1.165, 1.54) is 12.3 Å². The maximum absolute atomic E-state index is 13.2. The Morgan fingerprint density at radius 2 is 1.95 bits per heavy atom. The largest absolute Gasteiger partial charge is 0.406 e. The van der Waals surface area contributed by atoms with Crippen LogP contribution in [0.15, 0.2) is 47.7 Å². The molecule has 0 spiro atoms. The third-order valence-corrected chi connectivity index (χ3v) is 8.42. The third-order valence-electron chi connectivity index (χ3n) is 8.42. The molecule has 0 unspecified atom stereocenters. The Balaban J connectivity index is 1.57. The van der Waals surface area contributed by atoms with Crippen LogP contribution in [0.1, 0.15) is 73.3 Å². The van der Waals surface area contributed by atoms with Gasteiger partial charge in [-0.2, -0.15) is 13.2 Å². The van der Waals surface area contributed by atoms with E-state index < -0.39 is 29.8 Å². The van der Waals surface area contributed by atoms with E-state index in [0.717, 1.165) is 49.2 Å². The van der Waals surface area contributed by atoms with Gasteiger partial charge in [0.15, 0.2) is 0 Å². The van der Waals surface area contributed by atoms with Crippen molar-refractivity contribution >= 4 is 11.6 Å². The molecule has 0 radical (unpaired) electrons. The van der Waals surface area contributed by atoms with Gasteiger partial charge in [-0.15, -0.1) is 10.2 Å². The number of halogens is 3. The van der Waals surface area contributed by atoms with Crippen LogP contribution in [0, 0.1) is 5.92 Å². The summed E-state index contributed by atoms with van der Waals surface area (Å²) in [5.41, 5.74) is 5.82. The fraction of sp³-hybridized carbons (Fsp3) is 0.500. The Morgan fingerprint density at radius 1 is 1.23 bits per heavy atom. The highest BCUT2D eigenvalue weighted by atomic mass is 19.4. The maximum atomic E-state index is 13.2.